The summed E-state index contributed by atoms with van der Waals surface area (Å²) in [6.07, 6.45) is 3.82. The summed E-state index contributed by atoms with van der Waals surface area (Å²) in [5.74, 6) is 1.32. The molecule has 6 aromatic carbocycles. The molecule has 0 amide bonds. The van der Waals surface area contributed by atoms with Crippen LogP contribution in [0.1, 0.15) is 22.3 Å². The van der Waals surface area contributed by atoms with Crippen LogP contribution in [0.5, 0.6) is 0 Å². The first-order valence-electron chi connectivity index (χ1n) is 15.5. The number of oxazole rings is 1. The van der Waals surface area contributed by atoms with Gasteiger partial charge in [0, 0.05) is 29.1 Å². The largest absolute Gasteiger partial charge is 0.436 e. The number of fused-ring (bicyclic) bond motifs is 11. The van der Waals surface area contributed by atoms with Gasteiger partial charge < -0.3 is 4.42 Å². The van der Waals surface area contributed by atoms with E-state index < -0.39 is 0 Å². The molecule has 2 aliphatic carbocycles. The molecule has 0 atom stereocenters. The molecule has 2 aliphatic rings. The van der Waals surface area contributed by atoms with Crippen molar-refractivity contribution in [2.45, 2.75) is 5.41 Å². The predicted octanol–water partition coefficient (Wildman–Crippen LogP) is 9.96. The summed E-state index contributed by atoms with van der Waals surface area (Å²) in [7, 11) is 0. The zero-order valence-electron chi connectivity index (χ0n) is 24.7. The molecule has 2 heterocycles. The first-order chi connectivity index (χ1) is 22.8. The molecule has 0 saturated heterocycles. The molecule has 0 unspecified atom stereocenters. The van der Waals surface area contributed by atoms with E-state index in [0.29, 0.717) is 11.7 Å². The maximum atomic E-state index is 5.95. The summed E-state index contributed by atoms with van der Waals surface area (Å²) in [6.45, 7) is 0. The van der Waals surface area contributed by atoms with Crippen LogP contribution >= 0.6 is 0 Å². The molecule has 1 spiro atoms. The van der Waals surface area contributed by atoms with Crippen molar-refractivity contribution >= 4 is 11.1 Å². The average Bonchev–Trinajstić information content (AvgIpc) is 3.79. The molecular formula is C42H25N3O. The lowest BCUT2D eigenvalue weighted by Gasteiger charge is -2.30. The molecule has 0 radical (unpaired) electrons. The SMILES string of the molecule is c1ccc2c(c1)-c1ccccc1C21c2ccccc2-c2ccc(-c3ncc(-c4ccc(-c5nc6ccccc6o5)cc4)cn3)cc21. The Bertz CT molecular complexity index is 2380. The van der Waals surface area contributed by atoms with Crippen molar-refractivity contribution in [1.82, 2.24) is 15.0 Å². The summed E-state index contributed by atoms with van der Waals surface area (Å²) >= 11 is 0. The fourth-order valence-electron chi connectivity index (χ4n) is 7.66. The Morgan fingerprint density at radius 1 is 0.435 bits per heavy atom. The number of hydrogen-bond donors (Lipinski definition) is 0. The van der Waals surface area contributed by atoms with Crippen LogP contribution in [0.3, 0.4) is 0 Å². The highest BCUT2D eigenvalue weighted by Gasteiger charge is 2.51. The van der Waals surface area contributed by atoms with Gasteiger partial charge in [0.1, 0.15) is 5.52 Å². The fourth-order valence-corrected chi connectivity index (χ4v) is 7.66. The highest BCUT2D eigenvalue weighted by atomic mass is 16.3. The van der Waals surface area contributed by atoms with Crippen LogP contribution in [0.15, 0.2) is 156 Å². The Balaban J connectivity index is 1.05. The summed E-state index contributed by atoms with van der Waals surface area (Å²) < 4.78 is 5.95. The molecule has 0 N–H and O–H groups in total. The van der Waals surface area contributed by atoms with Gasteiger partial charge in [0.25, 0.3) is 0 Å². The standard InChI is InChI=1S/C42H25N3O/c1-4-12-34-30(9-1)31-10-2-5-13-35(31)42(34)36-14-6-3-11-32(36)33-22-21-28(23-37(33)42)40-43-24-29(25-44-40)26-17-19-27(20-18-26)41-45-38-15-7-8-16-39(38)46-41/h1-25H. The van der Waals surface area contributed by atoms with Crippen molar-refractivity contribution in [3.8, 4) is 56.2 Å². The zero-order chi connectivity index (χ0) is 30.2. The minimum Gasteiger partial charge on any atom is -0.436 e. The van der Waals surface area contributed by atoms with Crippen molar-refractivity contribution in [3.05, 3.63) is 174 Å². The first-order valence-corrected chi connectivity index (χ1v) is 15.5. The molecule has 214 valence electrons. The topological polar surface area (TPSA) is 51.8 Å². The quantitative estimate of drug-likeness (QED) is 0.206. The highest BCUT2D eigenvalue weighted by Crippen LogP contribution is 2.62. The van der Waals surface area contributed by atoms with E-state index in [2.05, 4.69) is 108 Å². The lowest BCUT2D eigenvalue weighted by molar-refractivity contribution is 0.620. The molecule has 8 aromatic rings. The molecule has 10 rings (SSSR count). The van der Waals surface area contributed by atoms with Crippen molar-refractivity contribution in [2.24, 2.45) is 0 Å². The van der Waals surface area contributed by atoms with Gasteiger partial charge in [0.15, 0.2) is 11.4 Å². The predicted molar refractivity (Wildman–Crippen MR) is 182 cm³/mol. The van der Waals surface area contributed by atoms with Crippen molar-refractivity contribution in [1.29, 1.82) is 0 Å². The van der Waals surface area contributed by atoms with E-state index >= 15 is 0 Å². The van der Waals surface area contributed by atoms with Gasteiger partial charge in [-0.25, -0.2) is 15.0 Å². The van der Waals surface area contributed by atoms with Crippen LogP contribution in [0, 0.1) is 0 Å². The van der Waals surface area contributed by atoms with E-state index in [9.17, 15) is 0 Å². The third-order valence-corrected chi connectivity index (χ3v) is 9.67. The Morgan fingerprint density at radius 3 is 1.59 bits per heavy atom. The summed E-state index contributed by atoms with van der Waals surface area (Å²) in [6, 6.07) is 49.3. The van der Waals surface area contributed by atoms with Gasteiger partial charge in [-0.3, -0.25) is 0 Å². The van der Waals surface area contributed by atoms with Gasteiger partial charge in [0.05, 0.1) is 5.41 Å². The molecule has 4 nitrogen and oxygen atoms in total. The smallest absolute Gasteiger partial charge is 0.227 e. The number of para-hydroxylation sites is 2. The van der Waals surface area contributed by atoms with Gasteiger partial charge in [-0.1, -0.05) is 109 Å². The first kappa shape index (κ1) is 25.2. The summed E-state index contributed by atoms with van der Waals surface area (Å²) in [4.78, 5) is 14.4. The number of nitrogens with zero attached hydrogens (tertiary/aromatic N) is 3. The monoisotopic (exact) mass is 587 g/mol. The Morgan fingerprint density at radius 2 is 0.957 bits per heavy atom. The number of benzene rings is 6. The second-order valence-electron chi connectivity index (χ2n) is 12.0. The third-order valence-electron chi connectivity index (χ3n) is 9.67. The van der Waals surface area contributed by atoms with Crippen LogP contribution in [-0.4, -0.2) is 15.0 Å². The van der Waals surface area contributed by atoms with Gasteiger partial charge >= 0.3 is 0 Å². The average molecular weight is 588 g/mol. The van der Waals surface area contributed by atoms with E-state index in [0.717, 1.165) is 33.4 Å². The van der Waals surface area contributed by atoms with Crippen LogP contribution in [0.2, 0.25) is 0 Å². The Hall–Kier alpha value is -6.13. The van der Waals surface area contributed by atoms with Crippen molar-refractivity contribution in [2.75, 3.05) is 0 Å². The molecule has 0 saturated carbocycles. The third kappa shape index (κ3) is 3.41. The normalized spacial score (nSPS) is 13.4. The Kier molecular flexibility index (Phi) is 5.17. The van der Waals surface area contributed by atoms with Gasteiger partial charge in [-0.15, -0.1) is 0 Å². The second kappa shape index (κ2) is 9.43. The van der Waals surface area contributed by atoms with Crippen LogP contribution in [0.25, 0.3) is 67.3 Å². The minimum atomic E-state index is -0.383. The fraction of sp³-hybridized carbons (Fsp3) is 0.0238. The lowest BCUT2D eigenvalue weighted by atomic mass is 9.70. The van der Waals surface area contributed by atoms with E-state index in [1.165, 1.54) is 44.5 Å². The molecule has 0 bridgehead atoms. The molecule has 4 heteroatoms. The van der Waals surface area contributed by atoms with E-state index in [4.69, 9.17) is 14.4 Å². The van der Waals surface area contributed by atoms with E-state index in [-0.39, 0.29) is 5.41 Å². The van der Waals surface area contributed by atoms with Gasteiger partial charge in [0.2, 0.25) is 5.89 Å². The van der Waals surface area contributed by atoms with Crippen molar-refractivity contribution < 1.29 is 4.42 Å². The number of rotatable bonds is 3. The molecular weight excluding hydrogens is 562 g/mol. The molecule has 46 heavy (non-hydrogen) atoms. The van der Waals surface area contributed by atoms with Gasteiger partial charge in [-0.05, 0) is 80.4 Å². The van der Waals surface area contributed by atoms with Crippen LogP contribution in [-0.2, 0) is 5.41 Å². The van der Waals surface area contributed by atoms with Crippen LogP contribution < -0.4 is 0 Å². The number of aromatic nitrogens is 3. The van der Waals surface area contributed by atoms with E-state index in [1.54, 1.807) is 0 Å². The molecule has 0 aliphatic heterocycles. The van der Waals surface area contributed by atoms with Crippen LogP contribution in [0.4, 0.5) is 0 Å². The maximum Gasteiger partial charge on any atom is 0.227 e. The minimum absolute atomic E-state index is 0.383. The highest BCUT2D eigenvalue weighted by molar-refractivity contribution is 5.95. The van der Waals surface area contributed by atoms with Gasteiger partial charge in [-0.2, -0.15) is 0 Å². The molecule has 0 fully saturated rings. The van der Waals surface area contributed by atoms with Crippen molar-refractivity contribution in [3.63, 3.8) is 0 Å². The second-order valence-corrected chi connectivity index (χ2v) is 12.0. The Labute approximate surface area is 265 Å². The summed E-state index contributed by atoms with van der Waals surface area (Å²) in [5.41, 5.74) is 15.6. The number of hydrogen-bond acceptors (Lipinski definition) is 4. The molecule has 2 aromatic heterocycles. The lowest BCUT2D eigenvalue weighted by Crippen LogP contribution is -2.25. The van der Waals surface area contributed by atoms with E-state index in [1.807, 2.05) is 48.8 Å². The zero-order valence-corrected chi connectivity index (χ0v) is 24.7. The maximum absolute atomic E-state index is 5.95. The summed E-state index contributed by atoms with van der Waals surface area (Å²) in [5, 5.41) is 0.